The van der Waals surface area contributed by atoms with E-state index in [1.807, 2.05) is 75.2 Å². The van der Waals surface area contributed by atoms with Crippen LogP contribution < -0.4 is 0 Å². The van der Waals surface area contributed by atoms with E-state index in [0.29, 0.717) is 6.54 Å². The number of nitrogens with zero attached hydrogens (tertiary/aromatic N) is 1. The number of carbonyl (C=O) groups excluding carboxylic acids is 1. The molecular formula is C25H29NO2S. The summed E-state index contributed by atoms with van der Waals surface area (Å²) in [6, 6.07) is 18.3. The second-order valence-corrected chi connectivity index (χ2v) is 8.63. The van der Waals surface area contributed by atoms with Crippen LogP contribution in [0.3, 0.4) is 0 Å². The Balaban J connectivity index is 2.14. The summed E-state index contributed by atoms with van der Waals surface area (Å²) in [6.07, 6.45) is 4.12. The molecule has 0 N–H and O–H groups in total. The predicted octanol–water partition coefficient (Wildman–Crippen LogP) is 5.12. The molecule has 2 aromatic rings. The lowest BCUT2D eigenvalue weighted by molar-refractivity contribution is -0.155. The van der Waals surface area contributed by atoms with Crippen molar-refractivity contribution in [1.29, 1.82) is 0 Å². The molecule has 0 saturated heterocycles. The molecule has 2 rings (SSSR count). The van der Waals surface area contributed by atoms with E-state index >= 15 is 0 Å². The third kappa shape index (κ3) is 8.60. The van der Waals surface area contributed by atoms with Crippen molar-refractivity contribution in [3.63, 3.8) is 0 Å². The van der Waals surface area contributed by atoms with Crippen molar-refractivity contribution in [3.8, 4) is 11.8 Å². The minimum absolute atomic E-state index is 0.227. The van der Waals surface area contributed by atoms with Crippen LogP contribution in [0.25, 0.3) is 5.57 Å². The van der Waals surface area contributed by atoms with Crippen LogP contribution in [0.2, 0.25) is 0 Å². The van der Waals surface area contributed by atoms with E-state index in [1.165, 1.54) is 4.90 Å². The van der Waals surface area contributed by atoms with Crippen LogP contribution in [0.1, 0.15) is 31.9 Å². The first-order valence-corrected chi connectivity index (χ1v) is 10.8. The van der Waals surface area contributed by atoms with Gasteiger partial charge in [-0.3, -0.25) is 9.69 Å². The third-order valence-corrected chi connectivity index (χ3v) is 4.69. The molecule has 0 aliphatic carbocycles. The van der Waals surface area contributed by atoms with Crippen molar-refractivity contribution in [3.05, 3.63) is 71.8 Å². The van der Waals surface area contributed by atoms with Crippen LogP contribution in [-0.2, 0) is 9.53 Å². The van der Waals surface area contributed by atoms with Gasteiger partial charge in [0.25, 0.3) is 0 Å². The molecule has 0 unspecified atom stereocenters. The number of ether oxygens (including phenoxy) is 1. The molecule has 0 aliphatic rings. The van der Waals surface area contributed by atoms with Gasteiger partial charge >= 0.3 is 5.97 Å². The largest absolute Gasteiger partial charge is 0.459 e. The molecule has 3 nitrogen and oxygen atoms in total. The molecule has 0 aliphatic heterocycles. The second kappa shape index (κ2) is 10.9. The van der Waals surface area contributed by atoms with E-state index in [9.17, 15) is 4.79 Å². The molecule has 0 atom stereocenters. The Morgan fingerprint density at radius 1 is 1.10 bits per heavy atom. The van der Waals surface area contributed by atoms with Gasteiger partial charge in [-0.25, -0.2) is 0 Å². The Morgan fingerprint density at radius 3 is 2.34 bits per heavy atom. The predicted molar refractivity (Wildman–Crippen MR) is 123 cm³/mol. The molecular weight excluding hydrogens is 378 g/mol. The summed E-state index contributed by atoms with van der Waals surface area (Å²) in [5.74, 6) is 6.32. The Labute approximate surface area is 179 Å². The Kier molecular flexibility index (Phi) is 8.57. The first-order valence-electron chi connectivity index (χ1n) is 9.59. The van der Waals surface area contributed by atoms with Gasteiger partial charge < -0.3 is 4.74 Å². The second-order valence-electron chi connectivity index (χ2n) is 7.75. The highest BCUT2D eigenvalue weighted by Crippen LogP contribution is 2.16. The molecule has 0 aromatic heterocycles. The fourth-order valence-electron chi connectivity index (χ4n) is 2.58. The van der Waals surface area contributed by atoms with Gasteiger partial charge in [0, 0.05) is 22.6 Å². The van der Waals surface area contributed by atoms with E-state index in [4.69, 9.17) is 4.74 Å². The molecule has 0 heterocycles. The van der Waals surface area contributed by atoms with Crippen molar-refractivity contribution in [1.82, 2.24) is 4.90 Å². The van der Waals surface area contributed by atoms with E-state index in [2.05, 4.69) is 36.3 Å². The van der Waals surface area contributed by atoms with Crippen molar-refractivity contribution in [2.45, 2.75) is 31.3 Å². The number of esters is 1. The van der Waals surface area contributed by atoms with Crippen LogP contribution in [0.4, 0.5) is 0 Å². The summed E-state index contributed by atoms with van der Waals surface area (Å²) in [5.41, 5.74) is 2.51. The number of benzene rings is 2. The summed E-state index contributed by atoms with van der Waals surface area (Å²) >= 11 is 1.72. The summed E-state index contributed by atoms with van der Waals surface area (Å²) < 4.78 is 5.39. The highest BCUT2D eigenvalue weighted by molar-refractivity contribution is 7.98. The highest BCUT2D eigenvalue weighted by Gasteiger charge is 2.17. The molecule has 0 fully saturated rings. The number of thioether (sulfide) groups is 1. The van der Waals surface area contributed by atoms with Gasteiger partial charge in [0.2, 0.25) is 0 Å². The van der Waals surface area contributed by atoms with Crippen LogP contribution in [-0.4, -0.2) is 42.9 Å². The number of likely N-dealkylation sites (N-methyl/N-ethyl adjacent to an activating group) is 1. The van der Waals surface area contributed by atoms with Crippen LogP contribution in [0.15, 0.2) is 65.6 Å². The van der Waals surface area contributed by atoms with Gasteiger partial charge in [-0.1, -0.05) is 48.2 Å². The quantitative estimate of drug-likeness (QED) is 0.378. The van der Waals surface area contributed by atoms with Gasteiger partial charge in [0.05, 0.1) is 6.54 Å². The van der Waals surface area contributed by atoms with Gasteiger partial charge in [0.1, 0.15) is 5.60 Å². The number of rotatable bonds is 6. The first-order chi connectivity index (χ1) is 13.8. The summed E-state index contributed by atoms with van der Waals surface area (Å²) in [4.78, 5) is 15.2. The number of allylic oxidation sites excluding steroid dienone is 1. The fourth-order valence-corrected chi connectivity index (χ4v) is 2.99. The summed E-state index contributed by atoms with van der Waals surface area (Å²) in [7, 11) is 1.90. The first kappa shape index (κ1) is 22.8. The maximum Gasteiger partial charge on any atom is 0.320 e. The third-order valence-electron chi connectivity index (χ3n) is 3.94. The highest BCUT2D eigenvalue weighted by atomic mass is 32.2. The van der Waals surface area contributed by atoms with Crippen molar-refractivity contribution >= 4 is 23.3 Å². The lowest BCUT2D eigenvalue weighted by atomic mass is 10.1. The molecule has 0 radical (unpaired) electrons. The smallest absolute Gasteiger partial charge is 0.320 e. The van der Waals surface area contributed by atoms with Gasteiger partial charge in [-0.15, -0.1) is 11.8 Å². The van der Waals surface area contributed by atoms with Gasteiger partial charge in [-0.2, -0.15) is 0 Å². The minimum Gasteiger partial charge on any atom is -0.459 e. The van der Waals surface area contributed by atoms with E-state index in [0.717, 1.165) is 16.7 Å². The lowest BCUT2D eigenvalue weighted by Crippen LogP contribution is -2.32. The molecule has 152 valence electrons. The van der Waals surface area contributed by atoms with Crippen LogP contribution in [0, 0.1) is 11.8 Å². The molecule has 0 bridgehead atoms. The van der Waals surface area contributed by atoms with Gasteiger partial charge in [0.15, 0.2) is 0 Å². The maximum atomic E-state index is 12.0. The fraction of sp³-hybridized carbons (Fsp3) is 0.320. The Hall–Kier alpha value is -2.48. The Morgan fingerprint density at radius 2 is 1.76 bits per heavy atom. The molecule has 0 saturated carbocycles. The monoisotopic (exact) mass is 407 g/mol. The summed E-state index contributed by atoms with van der Waals surface area (Å²) in [6.45, 7) is 6.46. The number of carbonyl (C=O) groups is 1. The normalized spacial score (nSPS) is 11.7. The molecule has 0 amide bonds. The zero-order valence-corrected chi connectivity index (χ0v) is 18.7. The van der Waals surface area contributed by atoms with Gasteiger partial charge in [-0.05, 0) is 63.9 Å². The number of hydrogen-bond donors (Lipinski definition) is 0. The van der Waals surface area contributed by atoms with Crippen LogP contribution >= 0.6 is 11.8 Å². The average molecular weight is 408 g/mol. The zero-order valence-electron chi connectivity index (χ0n) is 17.9. The van der Waals surface area contributed by atoms with E-state index in [1.54, 1.807) is 11.8 Å². The topological polar surface area (TPSA) is 29.5 Å². The molecule has 4 heteroatoms. The lowest BCUT2D eigenvalue weighted by Gasteiger charge is -2.22. The number of hydrogen-bond acceptors (Lipinski definition) is 4. The van der Waals surface area contributed by atoms with Crippen molar-refractivity contribution in [2.24, 2.45) is 0 Å². The molecule has 29 heavy (non-hydrogen) atoms. The van der Waals surface area contributed by atoms with Crippen molar-refractivity contribution in [2.75, 3.05) is 26.4 Å². The van der Waals surface area contributed by atoms with E-state index in [-0.39, 0.29) is 12.5 Å². The van der Waals surface area contributed by atoms with E-state index < -0.39 is 5.60 Å². The molecule has 2 aromatic carbocycles. The van der Waals surface area contributed by atoms with Crippen molar-refractivity contribution < 1.29 is 9.53 Å². The SMILES string of the molecule is CSc1ccc(C#CC(=CCN(C)CC(=O)OC(C)(C)C)c2ccccc2)cc1. The average Bonchev–Trinajstić information content (AvgIpc) is 2.67. The maximum absolute atomic E-state index is 12.0. The Bertz CT molecular complexity index is 884. The molecule has 0 spiro atoms. The summed E-state index contributed by atoms with van der Waals surface area (Å²) in [5, 5.41) is 0. The van der Waals surface area contributed by atoms with Crippen LogP contribution in [0.5, 0.6) is 0 Å². The zero-order chi connectivity index (χ0) is 21.3. The minimum atomic E-state index is -0.472. The standard InChI is InChI=1S/C25H29NO2S/c1-25(2,3)28-24(27)19-26(4)18-17-22(21-9-7-6-8-10-21)14-11-20-12-15-23(29-5)16-13-20/h6-10,12-13,15-17H,18-19H2,1-5H3.